The van der Waals surface area contributed by atoms with Crippen LogP contribution in [0.25, 0.3) is 38.5 Å². The molecule has 6 nitrogen and oxygen atoms in total. The molecule has 7 rings (SSSR count). The monoisotopic (exact) mass is 652 g/mol. The largest absolute Gasteiger partial charge is 0.506 e. The predicted octanol–water partition coefficient (Wildman–Crippen LogP) is 6.15. The molecule has 0 radical (unpaired) electrons. The summed E-state index contributed by atoms with van der Waals surface area (Å²) in [5.74, 6) is 1.92. The summed E-state index contributed by atoms with van der Waals surface area (Å²) in [6.45, 7) is 4.15. The third kappa shape index (κ3) is 3.69. The average Bonchev–Trinajstić information content (AvgIpc) is 3.69. The molecule has 0 aliphatic carbocycles. The van der Waals surface area contributed by atoms with Crippen LogP contribution in [-0.4, -0.2) is 32.7 Å². The molecule has 1 saturated heterocycles. The summed E-state index contributed by atoms with van der Waals surface area (Å²) in [7, 11) is 0. The zero-order valence-electron chi connectivity index (χ0n) is 19.4. The number of aromatic nitrogens is 3. The fourth-order valence-electron chi connectivity index (χ4n) is 4.70. The first kappa shape index (κ1) is 22.6. The molecule has 1 aliphatic heterocycles. The van der Waals surface area contributed by atoms with Crippen LogP contribution in [0.2, 0.25) is 0 Å². The smallest absolute Gasteiger partial charge is 0.217 e. The molecule has 4 heterocycles. The van der Waals surface area contributed by atoms with Gasteiger partial charge in [0.25, 0.3) is 0 Å². The normalized spacial score (nSPS) is 12.8. The van der Waals surface area contributed by atoms with E-state index < -0.39 is 0 Å². The van der Waals surface area contributed by atoms with Crippen LogP contribution >= 0.6 is 0 Å². The molecule has 3 aromatic heterocycles. The van der Waals surface area contributed by atoms with Crippen molar-refractivity contribution in [2.75, 3.05) is 18.0 Å². The van der Waals surface area contributed by atoms with Crippen LogP contribution in [-0.2, 0) is 21.1 Å². The Morgan fingerprint density at radius 2 is 1.75 bits per heavy atom. The third-order valence-corrected chi connectivity index (χ3v) is 6.57. The molecule has 6 aromatic rings. The van der Waals surface area contributed by atoms with Crippen molar-refractivity contribution in [2.45, 2.75) is 6.92 Å². The molecule has 1 fully saturated rings. The second-order valence-electron chi connectivity index (χ2n) is 8.85. The van der Waals surface area contributed by atoms with E-state index in [0.29, 0.717) is 17.1 Å². The van der Waals surface area contributed by atoms with E-state index in [1.807, 2.05) is 55.6 Å². The number of rotatable bonds is 4. The Balaban J connectivity index is 0.00000240. The molecular formula is C29H21N4O2Pt-. The summed E-state index contributed by atoms with van der Waals surface area (Å²) in [6, 6.07) is 27.2. The molecule has 3 aromatic carbocycles. The minimum atomic E-state index is 0. The number of ether oxygens (including phenoxy) is 1. The molecule has 180 valence electrons. The van der Waals surface area contributed by atoms with Gasteiger partial charge in [0.05, 0.1) is 0 Å². The van der Waals surface area contributed by atoms with Gasteiger partial charge in [-0.1, -0.05) is 29.8 Å². The number of hydrogen-bond acceptors (Lipinski definition) is 5. The van der Waals surface area contributed by atoms with E-state index >= 15 is 0 Å². The molecule has 0 spiro atoms. The van der Waals surface area contributed by atoms with Gasteiger partial charge in [-0.15, -0.1) is 17.5 Å². The zero-order chi connectivity index (χ0) is 23.5. The number of aryl methyl sites for hydroxylation is 1. The van der Waals surface area contributed by atoms with Crippen molar-refractivity contribution in [2.24, 2.45) is 0 Å². The van der Waals surface area contributed by atoms with Gasteiger partial charge >= 0.3 is 0 Å². The Morgan fingerprint density at radius 3 is 2.61 bits per heavy atom. The number of pyridine rings is 2. The van der Waals surface area contributed by atoms with Gasteiger partial charge < -0.3 is 19.3 Å². The van der Waals surface area contributed by atoms with Crippen LogP contribution in [0.3, 0.4) is 0 Å². The molecular weight excluding hydrogens is 631 g/mol. The predicted molar refractivity (Wildman–Crippen MR) is 138 cm³/mol. The summed E-state index contributed by atoms with van der Waals surface area (Å²) in [6.07, 6.45) is 1.86. The van der Waals surface area contributed by atoms with Gasteiger partial charge in [-0.2, -0.15) is 6.07 Å². The number of anilines is 1. The minimum absolute atomic E-state index is 0. The zero-order valence-corrected chi connectivity index (χ0v) is 21.7. The molecule has 7 heteroatoms. The topological polar surface area (TPSA) is 63.2 Å². The van der Waals surface area contributed by atoms with Crippen LogP contribution < -0.4 is 9.64 Å². The Labute approximate surface area is 222 Å². The average molecular weight is 653 g/mol. The number of fused-ring (bicyclic) bond motifs is 4. The van der Waals surface area contributed by atoms with Gasteiger partial charge in [0, 0.05) is 74.8 Å². The van der Waals surface area contributed by atoms with Crippen LogP contribution in [0.5, 0.6) is 17.4 Å². The molecule has 0 atom stereocenters. The van der Waals surface area contributed by atoms with E-state index in [-0.39, 0.29) is 26.8 Å². The summed E-state index contributed by atoms with van der Waals surface area (Å²) < 4.78 is 8.26. The fourth-order valence-corrected chi connectivity index (χ4v) is 4.70. The maximum absolute atomic E-state index is 10.3. The first-order valence-electron chi connectivity index (χ1n) is 11.6. The van der Waals surface area contributed by atoms with Gasteiger partial charge in [0.1, 0.15) is 17.1 Å². The van der Waals surface area contributed by atoms with Gasteiger partial charge in [-0.25, -0.2) is 9.97 Å². The van der Waals surface area contributed by atoms with Crippen molar-refractivity contribution >= 4 is 38.4 Å². The van der Waals surface area contributed by atoms with Crippen LogP contribution in [0.4, 0.5) is 5.69 Å². The summed E-state index contributed by atoms with van der Waals surface area (Å²) >= 11 is 0. The van der Waals surface area contributed by atoms with E-state index in [1.54, 1.807) is 6.07 Å². The third-order valence-electron chi connectivity index (χ3n) is 6.57. The number of aromatic hydroxyl groups is 1. The number of hydrogen-bond donors (Lipinski definition) is 1. The SMILES string of the molecule is Cc1ccc(O)c2nc(Oc3[c-]c4c(cc3)c3ccccc3n4-c3cc(N4CC4)ccn3)ccc12.[Pt]. The van der Waals surface area contributed by atoms with Crippen LogP contribution in [0.1, 0.15) is 5.56 Å². The Kier molecular flexibility index (Phi) is 5.42. The van der Waals surface area contributed by atoms with E-state index in [2.05, 4.69) is 44.8 Å². The Hall–Kier alpha value is -3.89. The number of phenolic OH excluding ortho intramolecular Hbond substituents is 1. The Bertz CT molecular complexity index is 1780. The first-order chi connectivity index (χ1) is 17.2. The molecule has 1 aliphatic rings. The van der Waals surface area contributed by atoms with E-state index in [9.17, 15) is 5.11 Å². The van der Waals surface area contributed by atoms with Crippen molar-refractivity contribution in [1.29, 1.82) is 0 Å². The van der Waals surface area contributed by atoms with Gasteiger partial charge in [0.2, 0.25) is 5.88 Å². The standard InChI is InChI=1S/C29H21N4O2.Pt/c1-18-6-10-26(34)29-21(18)9-11-28(31-29)35-20-7-8-23-22-4-2-3-5-24(22)33(25(23)17-20)27-16-19(12-13-30-27)32-14-15-32;/h2-13,16,34H,14-15H2,1H3;/q-1;. The molecule has 1 N–H and O–H groups in total. The number of nitrogens with zero attached hydrogens (tertiary/aromatic N) is 4. The number of phenols is 1. The van der Waals surface area contributed by atoms with Gasteiger partial charge in [-0.05, 0) is 42.1 Å². The molecule has 0 saturated carbocycles. The Morgan fingerprint density at radius 1 is 0.917 bits per heavy atom. The van der Waals surface area contributed by atoms with Gasteiger partial charge in [-0.3, -0.25) is 0 Å². The molecule has 0 amide bonds. The van der Waals surface area contributed by atoms with E-state index in [1.165, 1.54) is 5.69 Å². The second-order valence-corrected chi connectivity index (χ2v) is 8.85. The molecule has 0 bridgehead atoms. The van der Waals surface area contributed by atoms with Crippen molar-refractivity contribution in [3.63, 3.8) is 0 Å². The quantitative estimate of drug-likeness (QED) is 0.183. The number of para-hydroxylation sites is 1. The molecule has 0 unspecified atom stereocenters. The summed E-state index contributed by atoms with van der Waals surface area (Å²) in [5, 5.41) is 13.4. The first-order valence-corrected chi connectivity index (χ1v) is 11.6. The number of benzene rings is 3. The maximum Gasteiger partial charge on any atom is 0.217 e. The van der Waals surface area contributed by atoms with Crippen molar-refractivity contribution < 1.29 is 30.9 Å². The van der Waals surface area contributed by atoms with Crippen LogP contribution in [0, 0.1) is 13.0 Å². The molecule has 36 heavy (non-hydrogen) atoms. The fraction of sp³-hybridized carbons (Fsp3) is 0.103. The van der Waals surface area contributed by atoms with Crippen molar-refractivity contribution in [1.82, 2.24) is 14.5 Å². The van der Waals surface area contributed by atoms with E-state index in [4.69, 9.17) is 9.72 Å². The van der Waals surface area contributed by atoms with E-state index in [0.717, 1.165) is 51.7 Å². The summed E-state index contributed by atoms with van der Waals surface area (Å²) in [4.78, 5) is 11.6. The van der Waals surface area contributed by atoms with Crippen LogP contribution in [0.15, 0.2) is 79.0 Å². The van der Waals surface area contributed by atoms with Crippen molar-refractivity contribution in [3.8, 4) is 23.2 Å². The second kappa shape index (κ2) is 8.65. The summed E-state index contributed by atoms with van der Waals surface area (Å²) in [5.41, 5.74) is 4.69. The van der Waals surface area contributed by atoms with Crippen molar-refractivity contribution in [3.05, 3.63) is 90.6 Å². The van der Waals surface area contributed by atoms with Gasteiger partial charge in [0.15, 0.2) is 0 Å². The minimum Gasteiger partial charge on any atom is -0.506 e. The maximum atomic E-state index is 10.3.